The quantitative estimate of drug-likeness (QED) is 0.464. The van der Waals surface area contributed by atoms with Gasteiger partial charge in [0.05, 0.1) is 13.2 Å². The van der Waals surface area contributed by atoms with Crippen LogP contribution in [0.15, 0.2) is 0 Å². The van der Waals surface area contributed by atoms with Gasteiger partial charge >= 0.3 is 0 Å². The second-order valence-electron chi connectivity index (χ2n) is 3.17. The number of likely N-dealkylation sites (N-methyl/N-ethyl adjacent to an activating group) is 1. The van der Waals surface area contributed by atoms with Crippen molar-refractivity contribution in [1.82, 2.24) is 10.2 Å². The van der Waals surface area contributed by atoms with Crippen molar-refractivity contribution in [2.75, 3.05) is 20.2 Å². The Labute approximate surface area is 70.4 Å². The summed E-state index contributed by atoms with van der Waals surface area (Å²) in [4.78, 5) is 23.6. The van der Waals surface area contributed by atoms with Gasteiger partial charge in [0, 0.05) is 0 Å². The van der Waals surface area contributed by atoms with E-state index in [0.29, 0.717) is 0 Å². The molecule has 1 saturated heterocycles. The molecule has 2 amide bonds. The van der Waals surface area contributed by atoms with Crippen molar-refractivity contribution in [3.8, 4) is 0 Å². The largest absolute Gasteiger partial charge is 0.394 e. The van der Waals surface area contributed by atoms with Crippen LogP contribution < -0.4 is 5.32 Å². The number of aliphatic hydroxyl groups is 1. The third-order valence-corrected chi connectivity index (χ3v) is 2.27. The molecule has 1 aliphatic heterocycles. The van der Waals surface area contributed by atoms with Gasteiger partial charge < -0.3 is 5.11 Å². The van der Waals surface area contributed by atoms with Gasteiger partial charge in [-0.25, -0.2) is 0 Å². The summed E-state index contributed by atoms with van der Waals surface area (Å²) >= 11 is 0. The maximum Gasteiger partial charge on any atom is 0.249 e. The van der Waals surface area contributed by atoms with Crippen LogP contribution >= 0.6 is 0 Å². The number of piperazine rings is 1. The minimum Gasteiger partial charge on any atom is -0.394 e. The number of imide groups is 1. The van der Waals surface area contributed by atoms with E-state index in [9.17, 15) is 9.59 Å². The zero-order valence-corrected chi connectivity index (χ0v) is 7.13. The third kappa shape index (κ3) is 1.21. The average molecular weight is 172 g/mol. The maximum atomic E-state index is 11.2. The van der Waals surface area contributed by atoms with Gasteiger partial charge in [-0.05, 0) is 14.0 Å². The van der Waals surface area contributed by atoms with Crippen LogP contribution in [-0.2, 0) is 9.59 Å². The van der Waals surface area contributed by atoms with Crippen molar-refractivity contribution in [2.24, 2.45) is 0 Å². The van der Waals surface area contributed by atoms with E-state index in [1.165, 1.54) is 4.90 Å². The number of carbonyl (C=O) groups excluding carboxylic acids is 2. The lowest BCUT2D eigenvalue weighted by molar-refractivity contribution is -0.147. The molecule has 0 radical (unpaired) electrons. The van der Waals surface area contributed by atoms with E-state index < -0.39 is 11.4 Å². The molecule has 5 nitrogen and oxygen atoms in total. The normalized spacial score (nSPS) is 31.9. The van der Waals surface area contributed by atoms with E-state index in [1.807, 2.05) is 0 Å². The number of nitrogens with one attached hydrogen (secondary N) is 1. The predicted octanol–water partition coefficient (Wildman–Crippen LogP) is -1.67. The molecular formula is C7H12N2O3. The standard InChI is InChI=1S/C7H12N2O3/c1-7(4-10)6(12)8-5(11)3-9(7)2/h10H,3-4H2,1-2H3,(H,8,11,12). The molecule has 0 aliphatic carbocycles. The lowest BCUT2D eigenvalue weighted by Crippen LogP contribution is -2.65. The molecule has 12 heavy (non-hydrogen) atoms. The highest BCUT2D eigenvalue weighted by Crippen LogP contribution is 2.15. The second kappa shape index (κ2) is 2.84. The van der Waals surface area contributed by atoms with E-state index in [4.69, 9.17) is 5.11 Å². The van der Waals surface area contributed by atoms with Gasteiger partial charge in [-0.1, -0.05) is 0 Å². The minimum atomic E-state index is -0.964. The molecule has 1 heterocycles. The van der Waals surface area contributed by atoms with Crippen molar-refractivity contribution in [1.29, 1.82) is 0 Å². The Bertz CT molecular complexity index is 229. The number of rotatable bonds is 1. The van der Waals surface area contributed by atoms with Crippen LogP contribution in [0.25, 0.3) is 0 Å². The fraction of sp³-hybridized carbons (Fsp3) is 0.714. The first-order valence-corrected chi connectivity index (χ1v) is 3.67. The van der Waals surface area contributed by atoms with Crippen molar-refractivity contribution < 1.29 is 14.7 Å². The van der Waals surface area contributed by atoms with E-state index in [1.54, 1.807) is 14.0 Å². The van der Waals surface area contributed by atoms with Gasteiger partial charge in [-0.2, -0.15) is 0 Å². The summed E-state index contributed by atoms with van der Waals surface area (Å²) in [6, 6.07) is 0. The monoisotopic (exact) mass is 172 g/mol. The SMILES string of the molecule is CN1CC(=O)NC(=O)C1(C)CO. The Morgan fingerprint density at radius 2 is 2.25 bits per heavy atom. The minimum absolute atomic E-state index is 0.142. The molecule has 0 saturated carbocycles. The van der Waals surface area contributed by atoms with Crippen molar-refractivity contribution >= 4 is 11.8 Å². The van der Waals surface area contributed by atoms with E-state index in [0.717, 1.165) is 0 Å². The lowest BCUT2D eigenvalue weighted by atomic mass is 9.98. The molecule has 1 aliphatic rings. The summed E-state index contributed by atoms with van der Waals surface area (Å²) in [5.74, 6) is -0.767. The summed E-state index contributed by atoms with van der Waals surface area (Å²) in [6.45, 7) is 1.44. The first-order valence-electron chi connectivity index (χ1n) is 3.67. The van der Waals surface area contributed by atoms with Gasteiger partial charge in [0.1, 0.15) is 5.54 Å². The molecule has 0 aromatic heterocycles. The van der Waals surface area contributed by atoms with Crippen LogP contribution in [0.2, 0.25) is 0 Å². The zero-order chi connectivity index (χ0) is 9.35. The Kier molecular flexibility index (Phi) is 2.16. The molecule has 1 fully saturated rings. The Hall–Kier alpha value is -0.940. The Morgan fingerprint density at radius 3 is 2.67 bits per heavy atom. The number of nitrogens with zero attached hydrogens (tertiary/aromatic N) is 1. The molecule has 0 aromatic rings. The van der Waals surface area contributed by atoms with E-state index in [2.05, 4.69) is 5.32 Å². The highest BCUT2D eigenvalue weighted by Gasteiger charge is 2.42. The van der Waals surface area contributed by atoms with Gasteiger partial charge in [-0.15, -0.1) is 0 Å². The summed E-state index contributed by atoms with van der Waals surface area (Å²) in [7, 11) is 1.63. The number of carbonyl (C=O) groups is 2. The van der Waals surface area contributed by atoms with Gasteiger partial charge in [0.15, 0.2) is 0 Å². The molecule has 2 N–H and O–H groups in total. The van der Waals surface area contributed by atoms with Gasteiger partial charge in [0.25, 0.3) is 0 Å². The van der Waals surface area contributed by atoms with E-state index >= 15 is 0 Å². The first kappa shape index (κ1) is 9.15. The Balaban J connectivity index is 2.87. The molecule has 0 aromatic carbocycles. The van der Waals surface area contributed by atoms with Crippen molar-refractivity contribution in [3.05, 3.63) is 0 Å². The molecule has 1 unspecified atom stereocenters. The smallest absolute Gasteiger partial charge is 0.249 e. The van der Waals surface area contributed by atoms with Crippen molar-refractivity contribution in [2.45, 2.75) is 12.5 Å². The van der Waals surface area contributed by atoms with Crippen LogP contribution in [-0.4, -0.2) is 47.6 Å². The average Bonchev–Trinajstić information content (AvgIpc) is 2.00. The summed E-state index contributed by atoms with van der Waals surface area (Å²) < 4.78 is 0. The fourth-order valence-electron chi connectivity index (χ4n) is 1.06. The predicted molar refractivity (Wildman–Crippen MR) is 41.3 cm³/mol. The van der Waals surface area contributed by atoms with Crippen LogP contribution in [0.4, 0.5) is 0 Å². The van der Waals surface area contributed by atoms with Crippen LogP contribution in [0.3, 0.4) is 0 Å². The molecule has 5 heteroatoms. The van der Waals surface area contributed by atoms with Gasteiger partial charge in [0.2, 0.25) is 11.8 Å². The zero-order valence-electron chi connectivity index (χ0n) is 7.13. The number of amides is 2. The lowest BCUT2D eigenvalue weighted by Gasteiger charge is -2.38. The second-order valence-corrected chi connectivity index (χ2v) is 3.17. The maximum absolute atomic E-state index is 11.2. The third-order valence-electron chi connectivity index (χ3n) is 2.27. The molecule has 1 rings (SSSR count). The van der Waals surface area contributed by atoms with Crippen LogP contribution in [0.5, 0.6) is 0 Å². The highest BCUT2D eigenvalue weighted by molar-refractivity contribution is 6.03. The fourth-order valence-corrected chi connectivity index (χ4v) is 1.06. The topological polar surface area (TPSA) is 69.6 Å². The number of aliphatic hydroxyl groups excluding tert-OH is 1. The highest BCUT2D eigenvalue weighted by atomic mass is 16.3. The molecule has 1 atom stereocenters. The summed E-state index contributed by atoms with van der Waals surface area (Å²) in [5.41, 5.74) is -0.964. The van der Waals surface area contributed by atoms with Crippen LogP contribution in [0, 0.1) is 0 Å². The van der Waals surface area contributed by atoms with Gasteiger partial charge in [-0.3, -0.25) is 19.8 Å². The summed E-state index contributed by atoms with van der Waals surface area (Å²) in [6.07, 6.45) is 0. The summed E-state index contributed by atoms with van der Waals surface area (Å²) in [5, 5.41) is 11.1. The van der Waals surface area contributed by atoms with E-state index in [-0.39, 0.29) is 19.1 Å². The first-order chi connectivity index (χ1) is 5.50. The molecule has 0 spiro atoms. The number of hydrogen-bond acceptors (Lipinski definition) is 4. The van der Waals surface area contributed by atoms with Crippen molar-refractivity contribution in [3.63, 3.8) is 0 Å². The Morgan fingerprint density at radius 1 is 1.67 bits per heavy atom. The molecule has 0 bridgehead atoms. The van der Waals surface area contributed by atoms with Crippen LogP contribution in [0.1, 0.15) is 6.92 Å². The number of hydrogen-bond donors (Lipinski definition) is 2. The molecular weight excluding hydrogens is 160 g/mol. The molecule has 68 valence electrons.